The number of rotatable bonds is 5. The van der Waals surface area contributed by atoms with E-state index < -0.39 is 10.0 Å². The highest BCUT2D eigenvalue weighted by molar-refractivity contribution is 7.89. The van der Waals surface area contributed by atoms with Crippen LogP contribution in [0.5, 0.6) is 0 Å². The van der Waals surface area contributed by atoms with E-state index in [-0.39, 0.29) is 18.4 Å². The first-order valence-electron chi connectivity index (χ1n) is 5.68. The smallest absolute Gasteiger partial charge is 0.211 e. The molecule has 0 atom stereocenters. The van der Waals surface area contributed by atoms with Gasteiger partial charge in [0.15, 0.2) is 0 Å². The molecule has 1 aliphatic rings. The lowest BCUT2D eigenvalue weighted by Gasteiger charge is -2.28. The molecule has 0 aliphatic heterocycles. The lowest BCUT2D eigenvalue weighted by atomic mass is 9.85. The number of hydrogen-bond donors (Lipinski definition) is 2. The van der Waals surface area contributed by atoms with Crippen molar-refractivity contribution in [3.63, 3.8) is 0 Å². The monoisotopic (exact) mass is 235 g/mol. The van der Waals surface area contributed by atoms with Crippen LogP contribution in [0.4, 0.5) is 0 Å². The molecule has 0 amide bonds. The van der Waals surface area contributed by atoms with Crippen molar-refractivity contribution in [2.75, 3.05) is 12.4 Å². The standard InChI is InChI=1S/C10H21NO3S/c1-2-15(13,14)11-10-5-3-9(4-6-10)7-8-12/h9-12H,2-8H2,1H3. The maximum Gasteiger partial charge on any atom is 0.211 e. The Labute approximate surface area is 92.1 Å². The molecular weight excluding hydrogens is 214 g/mol. The highest BCUT2D eigenvalue weighted by Gasteiger charge is 2.23. The zero-order chi connectivity index (χ0) is 11.3. The molecule has 1 saturated carbocycles. The molecule has 0 saturated heterocycles. The van der Waals surface area contributed by atoms with Crippen LogP contribution < -0.4 is 4.72 Å². The molecule has 0 spiro atoms. The molecule has 2 N–H and O–H groups in total. The first-order valence-corrected chi connectivity index (χ1v) is 7.33. The molecule has 15 heavy (non-hydrogen) atoms. The van der Waals surface area contributed by atoms with Gasteiger partial charge in [-0.15, -0.1) is 0 Å². The van der Waals surface area contributed by atoms with E-state index in [1.165, 1.54) is 0 Å². The van der Waals surface area contributed by atoms with Crippen LogP contribution in [0, 0.1) is 5.92 Å². The van der Waals surface area contributed by atoms with Crippen LogP contribution in [0.3, 0.4) is 0 Å². The summed E-state index contributed by atoms with van der Waals surface area (Å²) >= 11 is 0. The highest BCUT2D eigenvalue weighted by atomic mass is 32.2. The predicted octanol–water partition coefficient (Wildman–Crippen LogP) is 0.867. The number of aliphatic hydroxyl groups excluding tert-OH is 1. The SMILES string of the molecule is CCS(=O)(=O)NC1CCC(CCO)CC1. The summed E-state index contributed by atoms with van der Waals surface area (Å²) in [4.78, 5) is 0. The number of aliphatic hydroxyl groups is 1. The van der Waals surface area contributed by atoms with Crippen LogP contribution >= 0.6 is 0 Å². The maximum atomic E-state index is 11.3. The van der Waals surface area contributed by atoms with Crippen LogP contribution in [-0.2, 0) is 10.0 Å². The van der Waals surface area contributed by atoms with E-state index in [4.69, 9.17) is 5.11 Å². The van der Waals surface area contributed by atoms with Gasteiger partial charge in [0.05, 0.1) is 5.75 Å². The van der Waals surface area contributed by atoms with Gasteiger partial charge in [0.25, 0.3) is 0 Å². The minimum atomic E-state index is -3.05. The first kappa shape index (κ1) is 12.9. The predicted molar refractivity (Wildman–Crippen MR) is 60.0 cm³/mol. The van der Waals surface area contributed by atoms with Crippen molar-refractivity contribution in [1.82, 2.24) is 4.72 Å². The zero-order valence-corrected chi connectivity index (χ0v) is 10.1. The lowest BCUT2D eigenvalue weighted by molar-refractivity contribution is 0.219. The zero-order valence-electron chi connectivity index (χ0n) is 9.28. The van der Waals surface area contributed by atoms with Crippen molar-refractivity contribution < 1.29 is 13.5 Å². The van der Waals surface area contributed by atoms with Crippen molar-refractivity contribution in [1.29, 1.82) is 0 Å². The van der Waals surface area contributed by atoms with Gasteiger partial charge in [0.1, 0.15) is 0 Å². The van der Waals surface area contributed by atoms with Gasteiger partial charge in [0.2, 0.25) is 10.0 Å². The summed E-state index contributed by atoms with van der Waals surface area (Å²) in [6.45, 7) is 1.90. The Balaban J connectivity index is 2.32. The minimum absolute atomic E-state index is 0.116. The molecule has 1 fully saturated rings. The average Bonchev–Trinajstić information content (AvgIpc) is 2.21. The van der Waals surface area contributed by atoms with Crippen molar-refractivity contribution >= 4 is 10.0 Å². The Morgan fingerprint density at radius 2 is 1.87 bits per heavy atom. The van der Waals surface area contributed by atoms with Gasteiger partial charge in [-0.1, -0.05) is 0 Å². The van der Waals surface area contributed by atoms with E-state index in [0.717, 1.165) is 32.1 Å². The fraction of sp³-hybridized carbons (Fsp3) is 1.00. The number of sulfonamides is 1. The Morgan fingerprint density at radius 3 is 2.33 bits per heavy atom. The normalized spacial score (nSPS) is 27.9. The Hall–Kier alpha value is -0.130. The maximum absolute atomic E-state index is 11.3. The lowest BCUT2D eigenvalue weighted by Crippen LogP contribution is -2.38. The van der Waals surface area contributed by atoms with Gasteiger partial charge in [-0.25, -0.2) is 13.1 Å². The van der Waals surface area contributed by atoms with E-state index in [0.29, 0.717) is 5.92 Å². The van der Waals surface area contributed by atoms with Gasteiger partial charge in [-0.3, -0.25) is 0 Å². The fourth-order valence-electron chi connectivity index (χ4n) is 2.09. The second kappa shape index (κ2) is 5.82. The third-order valence-electron chi connectivity index (χ3n) is 3.11. The summed E-state index contributed by atoms with van der Waals surface area (Å²) in [6, 6.07) is 0.116. The van der Waals surface area contributed by atoms with Gasteiger partial charge in [-0.2, -0.15) is 0 Å². The summed E-state index contributed by atoms with van der Waals surface area (Å²) in [7, 11) is -3.05. The van der Waals surface area contributed by atoms with E-state index in [9.17, 15) is 8.42 Å². The Morgan fingerprint density at radius 1 is 1.27 bits per heavy atom. The second-order valence-electron chi connectivity index (χ2n) is 4.25. The summed E-state index contributed by atoms with van der Waals surface area (Å²) < 4.78 is 25.4. The van der Waals surface area contributed by atoms with Crippen LogP contribution in [0.25, 0.3) is 0 Å². The molecule has 0 aromatic heterocycles. The first-order chi connectivity index (χ1) is 7.07. The average molecular weight is 235 g/mol. The van der Waals surface area contributed by atoms with Crippen LogP contribution in [0.15, 0.2) is 0 Å². The molecule has 5 heteroatoms. The summed E-state index contributed by atoms with van der Waals surface area (Å²) in [5.74, 6) is 0.737. The van der Waals surface area contributed by atoms with E-state index in [2.05, 4.69) is 4.72 Å². The fourth-order valence-corrected chi connectivity index (χ4v) is 3.00. The number of nitrogens with one attached hydrogen (secondary N) is 1. The second-order valence-corrected chi connectivity index (χ2v) is 6.29. The van der Waals surface area contributed by atoms with Crippen LogP contribution in [-0.4, -0.2) is 31.9 Å². The molecule has 0 aromatic rings. The third-order valence-corrected chi connectivity index (χ3v) is 4.56. The topological polar surface area (TPSA) is 66.4 Å². The molecule has 0 aromatic carbocycles. The van der Waals surface area contributed by atoms with Crippen LogP contribution in [0.1, 0.15) is 39.0 Å². The van der Waals surface area contributed by atoms with Gasteiger partial charge in [0, 0.05) is 12.6 Å². The summed E-state index contributed by atoms with van der Waals surface area (Å²) in [6.07, 6.45) is 4.72. The molecule has 90 valence electrons. The van der Waals surface area contributed by atoms with Crippen molar-refractivity contribution in [2.45, 2.75) is 45.1 Å². The molecule has 0 radical (unpaired) electrons. The van der Waals surface area contributed by atoms with E-state index >= 15 is 0 Å². The molecule has 1 aliphatic carbocycles. The van der Waals surface area contributed by atoms with Gasteiger partial charge < -0.3 is 5.11 Å². The molecule has 0 bridgehead atoms. The van der Waals surface area contributed by atoms with Gasteiger partial charge in [-0.05, 0) is 44.9 Å². The summed E-state index contributed by atoms with van der Waals surface area (Å²) in [5, 5.41) is 8.80. The summed E-state index contributed by atoms with van der Waals surface area (Å²) in [5.41, 5.74) is 0. The minimum Gasteiger partial charge on any atom is -0.396 e. The molecular formula is C10H21NO3S. The number of hydrogen-bond acceptors (Lipinski definition) is 3. The van der Waals surface area contributed by atoms with Crippen molar-refractivity contribution in [3.8, 4) is 0 Å². The molecule has 0 heterocycles. The van der Waals surface area contributed by atoms with Gasteiger partial charge >= 0.3 is 0 Å². The highest BCUT2D eigenvalue weighted by Crippen LogP contribution is 2.26. The third kappa shape index (κ3) is 4.49. The van der Waals surface area contributed by atoms with Crippen LogP contribution in [0.2, 0.25) is 0 Å². The van der Waals surface area contributed by atoms with Crippen molar-refractivity contribution in [3.05, 3.63) is 0 Å². The molecule has 1 rings (SSSR count). The largest absolute Gasteiger partial charge is 0.396 e. The van der Waals surface area contributed by atoms with E-state index in [1.54, 1.807) is 6.92 Å². The molecule has 0 unspecified atom stereocenters. The van der Waals surface area contributed by atoms with E-state index in [1.807, 2.05) is 0 Å². The van der Waals surface area contributed by atoms with Crippen molar-refractivity contribution in [2.24, 2.45) is 5.92 Å². The Bertz CT molecular complexity index is 268. The molecule has 4 nitrogen and oxygen atoms in total. The quantitative estimate of drug-likeness (QED) is 0.743. The Kier molecular flexibility index (Phi) is 5.02.